The molecule has 96 valence electrons. The molecular formula is C14H18FN3. The molecule has 1 heterocycles. The number of hydrogen-bond donors (Lipinski definition) is 1. The Hall–Kier alpha value is -1.68. The maximum atomic E-state index is 13.9. The smallest absolute Gasteiger partial charge is 0.128 e. The fourth-order valence-electron chi connectivity index (χ4n) is 2.09. The molecule has 0 aliphatic carbocycles. The van der Waals surface area contributed by atoms with Crippen LogP contribution in [0.2, 0.25) is 0 Å². The molecule has 1 unspecified atom stereocenters. The molecule has 0 bridgehead atoms. The lowest BCUT2D eigenvalue weighted by Gasteiger charge is -2.16. The Bertz CT molecular complexity index is 534. The molecular weight excluding hydrogens is 229 g/mol. The number of nitrogens with zero attached hydrogens (tertiary/aromatic N) is 2. The molecule has 3 nitrogen and oxygen atoms in total. The number of rotatable bonds is 4. The van der Waals surface area contributed by atoms with Crippen molar-refractivity contribution in [2.75, 3.05) is 7.05 Å². The summed E-state index contributed by atoms with van der Waals surface area (Å²) in [4.78, 5) is 0. The van der Waals surface area contributed by atoms with Crippen molar-refractivity contribution in [2.24, 2.45) is 0 Å². The first-order valence-corrected chi connectivity index (χ1v) is 6.11. The molecule has 0 aliphatic rings. The number of benzene rings is 1. The van der Waals surface area contributed by atoms with Gasteiger partial charge in [-0.05, 0) is 27.0 Å². The van der Waals surface area contributed by atoms with Gasteiger partial charge in [0.05, 0.1) is 12.2 Å². The summed E-state index contributed by atoms with van der Waals surface area (Å²) in [5.74, 6) is -0.191. The highest BCUT2D eigenvalue weighted by atomic mass is 19.1. The van der Waals surface area contributed by atoms with Gasteiger partial charge in [0, 0.05) is 23.9 Å². The van der Waals surface area contributed by atoms with Crippen LogP contribution in [0, 0.1) is 12.7 Å². The fraction of sp³-hybridized carbons (Fsp3) is 0.357. The van der Waals surface area contributed by atoms with Crippen LogP contribution in [0.5, 0.6) is 0 Å². The number of halogens is 1. The van der Waals surface area contributed by atoms with Gasteiger partial charge in [-0.3, -0.25) is 4.68 Å². The van der Waals surface area contributed by atoms with E-state index in [2.05, 4.69) is 10.4 Å². The van der Waals surface area contributed by atoms with Crippen LogP contribution in [0.3, 0.4) is 0 Å². The average Bonchev–Trinajstić information content (AvgIpc) is 2.83. The van der Waals surface area contributed by atoms with Crippen LogP contribution in [0.1, 0.15) is 29.7 Å². The van der Waals surface area contributed by atoms with Crippen molar-refractivity contribution in [1.82, 2.24) is 15.1 Å². The van der Waals surface area contributed by atoms with Crippen molar-refractivity contribution in [3.8, 4) is 0 Å². The van der Waals surface area contributed by atoms with E-state index in [-0.39, 0.29) is 11.9 Å². The Kier molecular flexibility index (Phi) is 3.77. The molecule has 18 heavy (non-hydrogen) atoms. The van der Waals surface area contributed by atoms with Gasteiger partial charge in [-0.2, -0.15) is 5.10 Å². The minimum atomic E-state index is -0.191. The highest BCUT2D eigenvalue weighted by Gasteiger charge is 2.17. The van der Waals surface area contributed by atoms with Gasteiger partial charge in [0.15, 0.2) is 0 Å². The highest BCUT2D eigenvalue weighted by Crippen LogP contribution is 2.24. The van der Waals surface area contributed by atoms with E-state index >= 15 is 0 Å². The number of hydrogen-bond acceptors (Lipinski definition) is 2. The van der Waals surface area contributed by atoms with E-state index < -0.39 is 0 Å². The summed E-state index contributed by atoms with van der Waals surface area (Å²) < 4.78 is 15.8. The summed E-state index contributed by atoms with van der Waals surface area (Å²) >= 11 is 0. The first kappa shape index (κ1) is 12.8. The molecule has 0 fully saturated rings. The van der Waals surface area contributed by atoms with E-state index in [0.29, 0.717) is 5.56 Å². The summed E-state index contributed by atoms with van der Waals surface area (Å²) in [6.07, 6.45) is 3.73. The van der Waals surface area contributed by atoms with Crippen molar-refractivity contribution in [2.45, 2.75) is 26.4 Å². The largest absolute Gasteiger partial charge is 0.309 e. The maximum Gasteiger partial charge on any atom is 0.128 e. The summed E-state index contributed by atoms with van der Waals surface area (Å²) in [7, 11) is 1.83. The lowest BCUT2D eigenvalue weighted by Crippen LogP contribution is -2.18. The van der Waals surface area contributed by atoms with Crippen LogP contribution in [-0.2, 0) is 6.54 Å². The molecule has 4 heteroatoms. The molecule has 0 saturated heterocycles. The molecule has 0 saturated carbocycles. The monoisotopic (exact) mass is 247 g/mol. The number of aromatic nitrogens is 2. The molecule has 1 N–H and O–H groups in total. The van der Waals surface area contributed by atoms with Crippen molar-refractivity contribution >= 4 is 0 Å². The van der Waals surface area contributed by atoms with Crippen LogP contribution < -0.4 is 5.32 Å². The van der Waals surface area contributed by atoms with E-state index in [1.807, 2.05) is 37.8 Å². The van der Waals surface area contributed by atoms with Gasteiger partial charge in [-0.25, -0.2) is 4.39 Å². The third-order valence-corrected chi connectivity index (χ3v) is 3.06. The summed E-state index contributed by atoms with van der Waals surface area (Å²) in [5.41, 5.74) is 2.69. The van der Waals surface area contributed by atoms with E-state index in [4.69, 9.17) is 0 Å². The second-order valence-electron chi connectivity index (χ2n) is 4.38. The maximum absolute atomic E-state index is 13.9. The SMILES string of the molecule is CCn1cc(C(NC)c2cc(C)ccc2F)cn1. The average molecular weight is 247 g/mol. The number of nitrogens with one attached hydrogen (secondary N) is 1. The highest BCUT2D eigenvalue weighted by molar-refractivity contribution is 5.33. The second-order valence-corrected chi connectivity index (χ2v) is 4.38. The zero-order valence-electron chi connectivity index (χ0n) is 10.9. The van der Waals surface area contributed by atoms with E-state index in [1.54, 1.807) is 12.3 Å². The van der Waals surface area contributed by atoms with Gasteiger partial charge in [0.2, 0.25) is 0 Å². The fourth-order valence-corrected chi connectivity index (χ4v) is 2.09. The Morgan fingerprint density at radius 1 is 1.44 bits per heavy atom. The van der Waals surface area contributed by atoms with Crippen molar-refractivity contribution in [3.63, 3.8) is 0 Å². The molecule has 2 aromatic rings. The van der Waals surface area contributed by atoms with Gasteiger partial charge >= 0.3 is 0 Å². The predicted molar refractivity (Wildman–Crippen MR) is 69.9 cm³/mol. The van der Waals surface area contributed by atoms with Crippen LogP contribution in [0.4, 0.5) is 4.39 Å². The minimum Gasteiger partial charge on any atom is -0.309 e. The molecule has 2 rings (SSSR count). The topological polar surface area (TPSA) is 29.9 Å². The van der Waals surface area contributed by atoms with Crippen LogP contribution in [-0.4, -0.2) is 16.8 Å². The van der Waals surface area contributed by atoms with E-state index in [9.17, 15) is 4.39 Å². The molecule has 1 aromatic carbocycles. The van der Waals surface area contributed by atoms with Crippen molar-refractivity contribution in [3.05, 3.63) is 53.1 Å². The molecule has 0 radical (unpaired) electrons. The minimum absolute atomic E-state index is 0.162. The van der Waals surface area contributed by atoms with Crippen molar-refractivity contribution < 1.29 is 4.39 Å². The molecule has 0 aliphatic heterocycles. The molecule has 0 amide bonds. The normalized spacial score (nSPS) is 12.7. The summed E-state index contributed by atoms with van der Waals surface area (Å²) in [6, 6.07) is 5.00. The second kappa shape index (κ2) is 5.31. The van der Waals surface area contributed by atoms with E-state index in [0.717, 1.165) is 17.7 Å². The van der Waals surface area contributed by atoms with Crippen LogP contribution >= 0.6 is 0 Å². The zero-order chi connectivity index (χ0) is 13.1. The number of aryl methyl sites for hydroxylation is 2. The standard InChI is InChI=1S/C14H18FN3/c1-4-18-9-11(8-17-18)14(16-3)12-7-10(2)5-6-13(12)15/h5-9,14,16H,4H2,1-3H3. The molecule has 1 atom stereocenters. The van der Waals surface area contributed by atoms with Crippen LogP contribution in [0.25, 0.3) is 0 Å². The van der Waals surface area contributed by atoms with Gasteiger partial charge in [-0.1, -0.05) is 17.7 Å². The third kappa shape index (κ3) is 2.43. The predicted octanol–water partition coefficient (Wildman–Crippen LogP) is 2.66. The van der Waals surface area contributed by atoms with E-state index in [1.165, 1.54) is 6.07 Å². The van der Waals surface area contributed by atoms with Crippen molar-refractivity contribution in [1.29, 1.82) is 0 Å². The lowest BCUT2D eigenvalue weighted by atomic mass is 9.99. The third-order valence-electron chi connectivity index (χ3n) is 3.06. The first-order valence-electron chi connectivity index (χ1n) is 6.11. The van der Waals surface area contributed by atoms with Gasteiger partial charge < -0.3 is 5.32 Å². The molecule has 1 aromatic heterocycles. The lowest BCUT2D eigenvalue weighted by molar-refractivity contribution is 0.575. The zero-order valence-corrected chi connectivity index (χ0v) is 10.9. The quantitative estimate of drug-likeness (QED) is 0.900. The van der Waals surface area contributed by atoms with Gasteiger partial charge in [0.25, 0.3) is 0 Å². The Morgan fingerprint density at radius 3 is 2.83 bits per heavy atom. The molecule has 0 spiro atoms. The van der Waals surface area contributed by atoms with Gasteiger partial charge in [0.1, 0.15) is 5.82 Å². The Morgan fingerprint density at radius 2 is 2.22 bits per heavy atom. The summed E-state index contributed by atoms with van der Waals surface area (Å²) in [5, 5.41) is 7.38. The Labute approximate surface area is 107 Å². The van der Waals surface area contributed by atoms with Crippen LogP contribution in [0.15, 0.2) is 30.6 Å². The first-order chi connectivity index (χ1) is 8.65. The van der Waals surface area contributed by atoms with Gasteiger partial charge in [-0.15, -0.1) is 0 Å². The summed E-state index contributed by atoms with van der Waals surface area (Å²) in [6.45, 7) is 4.80. The Balaban J connectivity index is 2.41.